The zero-order chi connectivity index (χ0) is 24.7. The number of carbonyl (C=O) groups is 1. The number of anilines is 1. The van der Waals surface area contributed by atoms with E-state index >= 15 is 0 Å². The molecule has 0 unspecified atom stereocenters. The van der Waals surface area contributed by atoms with E-state index in [4.69, 9.17) is 20.4 Å². The van der Waals surface area contributed by atoms with Gasteiger partial charge in [-0.15, -0.1) is 11.3 Å². The quantitative estimate of drug-likeness (QED) is 0.265. The van der Waals surface area contributed by atoms with Crippen LogP contribution in [0, 0.1) is 0 Å². The lowest BCUT2D eigenvalue weighted by Crippen LogP contribution is -3.12. The van der Waals surface area contributed by atoms with Crippen molar-refractivity contribution >= 4 is 44.9 Å². The molecule has 1 saturated heterocycles. The predicted molar refractivity (Wildman–Crippen MR) is 136 cm³/mol. The summed E-state index contributed by atoms with van der Waals surface area (Å²) in [7, 11) is 2.80. The molecular weight excluding hydrogens is 488 g/mol. The van der Waals surface area contributed by atoms with Crippen LogP contribution in [0.2, 0.25) is 0 Å². The molecule has 3 aromatic rings. The standard InChI is InChI=1S/C23H28N6O4S2/c1-27-19(24)18(22(31)28(2)23(27)32)14(30)12-34-20-17-13-5-3-4-6-15(13)35-21(17)26-16(25-20)11-29-7-9-33-10-8-29/h3-12,24H2,1-2H3/p+1. The van der Waals surface area contributed by atoms with Crippen LogP contribution in [0.1, 0.15) is 39.5 Å². The van der Waals surface area contributed by atoms with E-state index in [1.807, 2.05) is 0 Å². The van der Waals surface area contributed by atoms with Gasteiger partial charge in [-0.1, -0.05) is 11.8 Å². The maximum atomic E-state index is 13.2. The van der Waals surface area contributed by atoms with Crippen molar-refractivity contribution in [3.05, 3.63) is 42.7 Å². The first-order chi connectivity index (χ1) is 16.8. The summed E-state index contributed by atoms with van der Waals surface area (Å²) in [5.41, 5.74) is 5.91. The Balaban J connectivity index is 1.49. The minimum Gasteiger partial charge on any atom is -0.384 e. The number of thioether (sulfide) groups is 1. The fourth-order valence-electron chi connectivity index (χ4n) is 4.74. The molecule has 10 nitrogen and oxygen atoms in total. The Morgan fingerprint density at radius 2 is 1.89 bits per heavy atom. The number of rotatable bonds is 6. The molecule has 186 valence electrons. The molecule has 0 aromatic carbocycles. The van der Waals surface area contributed by atoms with Gasteiger partial charge in [0.2, 0.25) is 0 Å². The molecule has 3 aromatic heterocycles. The SMILES string of the molecule is Cn1c(N)c(C(=O)CSc2nc(C[NH+]3CCOCC3)nc3sc4c(c23)CCCC4)c(=O)n(C)c1=O. The van der Waals surface area contributed by atoms with Crippen LogP contribution in [-0.4, -0.2) is 56.9 Å². The van der Waals surface area contributed by atoms with Crippen LogP contribution in [0.25, 0.3) is 10.2 Å². The van der Waals surface area contributed by atoms with Gasteiger partial charge in [0.15, 0.2) is 11.6 Å². The highest BCUT2D eigenvalue weighted by molar-refractivity contribution is 8.00. The summed E-state index contributed by atoms with van der Waals surface area (Å²) in [6, 6.07) is 0. The van der Waals surface area contributed by atoms with Gasteiger partial charge in [-0.3, -0.25) is 18.7 Å². The lowest BCUT2D eigenvalue weighted by Gasteiger charge is -2.23. The third kappa shape index (κ3) is 4.55. The molecule has 0 amide bonds. The highest BCUT2D eigenvalue weighted by atomic mass is 32.2. The van der Waals surface area contributed by atoms with Crippen LogP contribution < -0.4 is 21.9 Å². The second-order valence-electron chi connectivity index (χ2n) is 9.05. The van der Waals surface area contributed by atoms with Crippen molar-refractivity contribution in [1.29, 1.82) is 0 Å². The van der Waals surface area contributed by atoms with Crippen molar-refractivity contribution < 1.29 is 14.4 Å². The number of thiophene rings is 1. The fourth-order valence-corrected chi connectivity index (χ4v) is 7.03. The number of nitrogen functional groups attached to an aromatic ring is 1. The van der Waals surface area contributed by atoms with Gasteiger partial charge in [-0.2, -0.15) is 0 Å². The molecule has 1 aliphatic carbocycles. The number of ketones is 1. The van der Waals surface area contributed by atoms with Gasteiger partial charge in [-0.05, 0) is 31.2 Å². The maximum absolute atomic E-state index is 13.2. The van der Waals surface area contributed by atoms with Gasteiger partial charge in [0.25, 0.3) is 5.56 Å². The first kappa shape index (κ1) is 24.2. The van der Waals surface area contributed by atoms with E-state index in [9.17, 15) is 14.4 Å². The molecule has 1 fully saturated rings. The van der Waals surface area contributed by atoms with Gasteiger partial charge in [0.05, 0.1) is 19.0 Å². The van der Waals surface area contributed by atoms with Crippen molar-refractivity contribution in [1.82, 2.24) is 19.1 Å². The molecule has 0 atom stereocenters. The monoisotopic (exact) mass is 517 g/mol. The summed E-state index contributed by atoms with van der Waals surface area (Å²) in [4.78, 5) is 51.5. The molecule has 0 spiro atoms. The Morgan fingerprint density at radius 1 is 1.14 bits per heavy atom. The van der Waals surface area contributed by atoms with Crippen molar-refractivity contribution in [2.24, 2.45) is 14.1 Å². The van der Waals surface area contributed by atoms with E-state index in [1.54, 1.807) is 11.3 Å². The fraction of sp³-hybridized carbons (Fsp3) is 0.522. The number of ether oxygens (including phenoxy) is 1. The summed E-state index contributed by atoms with van der Waals surface area (Å²) in [6.07, 6.45) is 4.34. The number of Topliss-reactive ketones (excluding diaryl/α,β-unsaturated/α-hetero) is 1. The Bertz CT molecular complexity index is 1420. The van der Waals surface area contributed by atoms with Gasteiger partial charge >= 0.3 is 5.69 Å². The highest BCUT2D eigenvalue weighted by Crippen LogP contribution is 2.39. The summed E-state index contributed by atoms with van der Waals surface area (Å²) in [6.45, 7) is 4.00. The van der Waals surface area contributed by atoms with Crippen LogP contribution in [0.4, 0.5) is 5.82 Å². The molecule has 12 heteroatoms. The number of carbonyl (C=O) groups excluding carboxylic acids is 1. The summed E-state index contributed by atoms with van der Waals surface area (Å²) in [5, 5.41) is 1.83. The van der Waals surface area contributed by atoms with E-state index < -0.39 is 17.0 Å². The number of nitrogens with zero attached hydrogens (tertiary/aromatic N) is 4. The van der Waals surface area contributed by atoms with Gasteiger partial charge in [-0.25, -0.2) is 14.8 Å². The minimum absolute atomic E-state index is 0.00176. The number of hydrogen-bond donors (Lipinski definition) is 2. The molecule has 1 aliphatic heterocycles. The Hall–Kier alpha value is -2.54. The Kier molecular flexibility index (Phi) is 6.80. The normalized spacial score (nSPS) is 16.5. The average molecular weight is 518 g/mol. The van der Waals surface area contributed by atoms with Gasteiger partial charge < -0.3 is 15.4 Å². The average Bonchev–Trinajstić information content (AvgIpc) is 3.24. The number of nitrogens with one attached hydrogen (secondary N) is 1. The first-order valence-electron chi connectivity index (χ1n) is 11.8. The van der Waals surface area contributed by atoms with Crippen LogP contribution in [0.15, 0.2) is 14.6 Å². The largest absolute Gasteiger partial charge is 0.384 e. The van der Waals surface area contributed by atoms with E-state index in [2.05, 4.69) is 0 Å². The second-order valence-corrected chi connectivity index (χ2v) is 11.1. The lowest BCUT2D eigenvalue weighted by atomic mass is 9.97. The number of quaternary nitrogens is 1. The number of aromatic nitrogens is 4. The van der Waals surface area contributed by atoms with Crippen LogP contribution in [-0.2, 0) is 38.2 Å². The number of morpholine rings is 1. The Morgan fingerprint density at radius 3 is 2.66 bits per heavy atom. The number of nitrogens with two attached hydrogens (primary N) is 1. The third-order valence-corrected chi connectivity index (χ3v) is 8.93. The lowest BCUT2D eigenvalue weighted by molar-refractivity contribution is -0.922. The van der Waals surface area contributed by atoms with Crippen molar-refractivity contribution in [3.63, 3.8) is 0 Å². The first-order valence-corrected chi connectivity index (χ1v) is 13.6. The van der Waals surface area contributed by atoms with Crippen LogP contribution in [0.3, 0.4) is 0 Å². The minimum atomic E-state index is -0.673. The van der Waals surface area contributed by atoms with E-state index in [-0.39, 0.29) is 17.1 Å². The van der Waals surface area contributed by atoms with E-state index in [1.165, 1.54) is 47.6 Å². The number of hydrogen-bond acceptors (Lipinski definition) is 9. The molecule has 2 aliphatic rings. The number of aryl methyl sites for hydroxylation is 2. The Labute approximate surface area is 210 Å². The molecule has 0 saturated carbocycles. The smallest absolute Gasteiger partial charge is 0.332 e. The zero-order valence-corrected chi connectivity index (χ0v) is 21.5. The molecule has 35 heavy (non-hydrogen) atoms. The number of fused-ring (bicyclic) bond motifs is 3. The third-order valence-electron chi connectivity index (χ3n) is 6.76. The molecule has 0 bridgehead atoms. The van der Waals surface area contributed by atoms with Crippen molar-refractivity contribution in [2.45, 2.75) is 37.3 Å². The summed E-state index contributed by atoms with van der Waals surface area (Å²) >= 11 is 3.06. The molecule has 4 heterocycles. The molecular formula is C23H29N6O4S2+. The van der Waals surface area contributed by atoms with Crippen molar-refractivity contribution in [2.75, 3.05) is 37.8 Å². The molecule has 3 N–H and O–H groups in total. The predicted octanol–water partition coefficient (Wildman–Crippen LogP) is -0.0602. The van der Waals surface area contributed by atoms with Crippen LogP contribution >= 0.6 is 23.1 Å². The molecule has 5 rings (SSSR count). The van der Waals surface area contributed by atoms with Gasteiger partial charge in [0.1, 0.15) is 40.9 Å². The van der Waals surface area contributed by atoms with E-state index in [0.717, 1.165) is 75.8 Å². The van der Waals surface area contributed by atoms with Gasteiger partial charge in [0, 0.05) is 24.4 Å². The summed E-state index contributed by atoms with van der Waals surface area (Å²) < 4.78 is 7.51. The highest BCUT2D eigenvalue weighted by Gasteiger charge is 2.25. The van der Waals surface area contributed by atoms with Crippen molar-refractivity contribution in [3.8, 4) is 0 Å². The maximum Gasteiger partial charge on any atom is 0.332 e. The zero-order valence-electron chi connectivity index (χ0n) is 19.9. The second kappa shape index (κ2) is 9.84. The molecule has 0 radical (unpaired) electrons. The van der Waals surface area contributed by atoms with E-state index in [0.29, 0.717) is 6.54 Å². The summed E-state index contributed by atoms with van der Waals surface area (Å²) in [5.74, 6) is 0.236. The van der Waals surface area contributed by atoms with Crippen LogP contribution in [0.5, 0.6) is 0 Å². The topological polar surface area (TPSA) is 127 Å².